The van der Waals surface area contributed by atoms with Crippen molar-refractivity contribution in [2.24, 2.45) is 0 Å². The van der Waals surface area contributed by atoms with Gasteiger partial charge in [-0.1, -0.05) is 91.0 Å². The van der Waals surface area contributed by atoms with E-state index in [1.165, 1.54) is 0 Å². The lowest BCUT2D eigenvalue weighted by molar-refractivity contribution is 0.0946. The highest BCUT2D eigenvalue weighted by molar-refractivity contribution is 7.90. The number of pyridine rings is 2. The van der Waals surface area contributed by atoms with Crippen LogP contribution in [-0.4, -0.2) is 54.2 Å². The van der Waals surface area contributed by atoms with Gasteiger partial charge in [0.05, 0.1) is 23.6 Å². The highest BCUT2D eigenvalue weighted by Gasteiger charge is 2.24. The van der Waals surface area contributed by atoms with E-state index in [-0.39, 0.29) is 42.5 Å². The minimum absolute atomic E-state index is 0.108. The maximum absolute atomic E-state index is 14.1. The van der Waals surface area contributed by atoms with Crippen LogP contribution in [0.25, 0.3) is 33.3 Å². The first-order valence-electron chi connectivity index (χ1n) is 13.3. The van der Waals surface area contributed by atoms with E-state index in [1.54, 1.807) is 10.6 Å². The first-order chi connectivity index (χ1) is 20.2. The van der Waals surface area contributed by atoms with E-state index < -0.39 is 15.7 Å². The van der Waals surface area contributed by atoms with E-state index in [2.05, 4.69) is 15.6 Å². The Morgan fingerprint density at radius 2 is 1.48 bits per heavy atom. The quantitative estimate of drug-likeness (QED) is 0.214. The van der Waals surface area contributed by atoms with Gasteiger partial charge in [-0.3, -0.25) is 9.59 Å². The molecular weight excluding hydrogens is 552 g/mol. The van der Waals surface area contributed by atoms with Crippen molar-refractivity contribution in [3.8, 4) is 28.1 Å². The maximum atomic E-state index is 14.1. The lowest BCUT2D eigenvalue weighted by Crippen LogP contribution is -2.34. The number of amides is 1. The molecular formula is C32H30N4O5S. The molecule has 0 spiro atoms. The number of fused-ring (bicyclic) bond motifs is 1. The van der Waals surface area contributed by atoms with Gasteiger partial charge in [0, 0.05) is 35.9 Å². The SMILES string of the molecule is CS(=O)(=O)CNCCNC(=O)c1nc(-c2ccccc2)c2c(cc(-c3ccccc3)c(=O)n2Cc2ccccc2)c1O. The van der Waals surface area contributed by atoms with Gasteiger partial charge in [0.25, 0.3) is 11.5 Å². The smallest absolute Gasteiger partial charge is 0.273 e. The molecule has 0 atom stereocenters. The van der Waals surface area contributed by atoms with Gasteiger partial charge in [-0.05, 0) is 17.2 Å². The van der Waals surface area contributed by atoms with Gasteiger partial charge in [0.15, 0.2) is 21.3 Å². The number of rotatable bonds is 10. The van der Waals surface area contributed by atoms with E-state index in [0.717, 1.165) is 11.8 Å². The number of hydrogen-bond donors (Lipinski definition) is 3. The summed E-state index contributed by atoms with van der Waals surface area (Å²) < 4.78 is 24.3. The molecule has 0 saturated heterocycles. The normalized spacial score (nSPS) is 11.5. The first kappa shape index (κ1) is 28.7. The summed E-state index contributed by atoms with van der Waals surface area (Å²) in [5.41, 5.74) is 2.91. The third kappa shape index (κ3) is 6.40. The second-order valence-electron chi connectivity index (χ2n) is 9.91. The minimum atomic E-state index is -3.21. The van der Waals surface area contributed by atoms with E-state index in [1.807, 2.05) is 91.0 Å². The van der Waals surface area contributed by atoms with Gasteiger partial charge < -0.3 is 20.3 Å². The summed E-state index contributed by atoms with van der Waals surface area (Å²) in [6.07, 6.45) is 1.11. The summed E-state index contributed by atoms with van der Waals surface area (Å²) in [7, 11) is -3.21. The maximum Gasteiger partial charge on any atom is 0.273 e. The van der Waals surface area contributed by atoms with Crippen LogP contribution in [0.2, 0.25) is 0 Å². The van der Waals surface area contributed by atoms with Crippen molar-refractivity contribution in [2.75, 3.05) is 25.2 Å². The monoisotopic (exact) mass is 582 g/mol. The Hall–Kier alpha value is -4.80. The molecule has 5 rings (SSSR count). The molecule has 2 aromatic heterocycles. The molecule has 214 valence electrons. The zero-order chi connectivity index (χ0) is 29.7. The second kappa shape index (κ2) is 12.4. The van der Waals surface area contributed by atoms with E-state index in [9.17, 15) is 23.1 Å². The Balaban J connectivity index is 1.70. The summed E-state index contributed by atoms with van der Waals surface area (Å²) >= 11 is 0. The van der Waals surface area contributed by atoms with Gasteiger partial charge >= 0.3 is 0 Å². The van der Waals surface area contributed by atoms with E-state index in [0.29, 0.717) is 33.3 Å². The standard InChI is InChI=1S/C32H30N4O5S/c1-42(40,41)21-33-17-18-34-31(38)28-30(37)26-19-25(23-13-7-3-8-14-23)32(39)36(20-22-11-5-2-6-12-22)29(26)27(35-28)24-15-9-4-10-16-24/h2-16,19,33,37H,17-18,20-21H2,1H3,(H,34,38). The third-order valence-corrected chi connectivity index (χ3v) is 7.43. The third-order valence-electron chi connectivity index (χ3n) is 6.70. The predicted octanol–water partition coefficient (Wildman–Crippen LogP) is 3.81. The van der Waals surface area contributed by atoms with Crippen LogP contribution < -0.4 is 16.2 Å². The summed E-state index contributed by atoms with van der Waals surface area (Å²) in [5.74, 6) is -1.21. The van der Waals surface area contributed by atoms with Crippen LogP contribution in [0.15, 0.2) is 102 Å². The first-order valence-corrected chi connectivity index (χ1v) is 15.4. The van der Waals surface area contributed by atoms with E-state index in [4.69, 9.17) is 0 Å². The molecule has 0 bridgehead atoms. The summed E-state index contributed by atoms with van der Waals surface area (Å²) in [4.78, 5) is 32.0. The predicted molar refractivity (Wildman–Crippen MR) is 164 cm³/mol. The van der Waals surface area contributed by atoms with Crippen molar-refractivity contribution >= 4 is 26.6 Å². The van der Waals surface area contributed by atoms with Crippen molar-refractivity contribution in [1.82, 2.24) is 20.2 Å². The van der Waals surface area contributed by atoms with Gasteiger partial charge in [-0.25, -0.2) is 13.4 Å². The van der Waals surface area contributed by atoms with Crippen molar-refractivity contribution in [1.29, 1.82) is 0 Å². The highest BCUT2D eigenvalue weighted by atomic mass is 32.2. The Morgan fingerprint density at radius 3 is 2.10 bits per heavy atom. The number of carbonyl (C=O) groups excluding carboxylic acids is 1. The molecule has 0 saturated carbocycles. The van der Waals surface area contributed by atoms with E-state index >= 15 is 0 Å². The number of carbonyl (C=O) groups is 1. The average molecular weight is 583 g/mol. The molecule has 0 aliphatic carbocycles. The zero-order valence-electron chi connectivity index (χ0n) is 22.9. The number of nitrogens with one attached hydrogen (secondary N) is 2. The summed E-state index contributed by atoms with van der Waals surface area (Å²) in [6.45, 7) is 0.528. The number of nitrogens with zero attached hydrogens (tertiary/aromatic N) is 2. The molecule has 0 radical (unpaired) electrons. The molecule has 10 heteroatoms. The van der Waals surface area contributed by atoms with Crippen LogP contribution in [0.1, 0.15) is 16.1 Å². The molecule has 0 unspecified atom stereocenters. The number of benzene rings is 3. The molecule has 1 amide bonds. The van der Waals surface area contributed by atoms with Crippen LogP contribution in [0.4, 0.5) is 0 Å². The summed E-state index contributed by atoms with van der Waals surface area (Å²) in [6, 6.07) is 29.5. The van der Waals surface area contributed by atoms with Crippen LogP contribution in [0.3, 0.4) is 0 Å². The van der Waals surface area contributed by atoms with Crippen LogP contribution >= 0.6 is 0 Å². The van der Waals surface area contributed by atoms with Crippen LogP contribution in [0.5, 0.6) is 5.75 Å². The molecule has 5 aromatic rings. The molecule has 2 heterocycles. The fourth-order valence-corrected chi connectivity index (χ4v) is 5.27. The van der Waals surface area contributed by atoms with Crippen molar-refractivity contribution in [3.05, 3.63) is 119 Å². The fourth-order valence-electron chi connectivity index (χ4n) is 4.75. The number of sulfone groups is 1. The number of aromatic hydroxyl groups is 1. The summed E-state index contributed by atoms with van der Waals surface area (Å²) in [5, 5.41) is 17.3. The second-order valence-corrected chi connectivity index (χ2v) is 12.1. The topological polar surface area (TPSA) is 130 Å². The lowest BCUT2D eigenvalue weighted by Gasteiger charge is -2.19. The lowest BCUT2D eigenvalue weighted by atomic mass is 10.0. The fraction of sp³-hybridized carbons (Fsp3) is 0.156. The number of hydrogen-bond acceptors (Lipinski definition) is 7. The van der Waals surface area contributed by atoms with Gasteiger partial charge in [-0.2, -0.15) is 0 Å². The molecule has 42 heavy (non-hydrogen) atoms. The van der Waals surface area contributed by atoms with Gasteiger partial charge in [-0.15, -0.1) is 0 Å². The van der Waals surface area contributed by atoms with Gasteiger partial charge in [0.1, 0.15) is 0 Å². The molecule has 0 fully saturated rings. The minimum Gasteiger partial charge on any atom is -0.505 e. The highest BCUT2D eigenvalue weighted by Crippen LogP contribution is 2.36. The molecule has 9 nitrogen and oxygen atoms in total. The Kier molecular flexibility index (Phi) is 8.46. The van der Waals surface area contributed by atoms with Gasteiger partial charge in [0.2, 0.25) is 0 Å². The van der Waals surface area contributed by atoms with Crippen LogP contribution in [-0.2, 0) is 16.4 Å². The number of aromatic nitrogens is 2. The van der Waals surface area contributed by atoms with Crippen molar-refractivity contribution < 1.29 is 18.3 Å². The molecule has 3 N–H and O–H groups in total. The van der Waals surface area contributed by atoms with Crippen LogP contribution in [0, 0.1) is 0 Å². The average Bonchev–Trinajstić information content (AvgIpc) is 2.99. The Bertz CT molecular complexity index is 1890. The Morgan fingerprint density at radius 1 is 0.881 bits per heavy atom. The van der Waals surface area contributed by atoms with Crippen molar-refractivity contribution in [3.63, 3.8) is 0 Å². The zero-order valence-corrected chi connectivity index (χ0v) is 23.8. The molecule has 0 aliphatic rings. The largest absolute Gasteiger partial charge is 0.505 e. The molecule has 0 aliphatic heterocycles. The van der Waals surface area contributed by atoms with Crippen molar-refractivity contribution in [2.45, 2.75) is 6.54 Å². The Labute approximate surface area is 243 Å². The molecule has 3 aromatic carbocycles.